The van der Waals surface area contributed by atoms with Gasteiger partial charge in [-0.05, 0) is 19.3 Å². The molecule has 0 saturated heterocycles. The fraction of sp³-hybridized carbons (Fsp3) is 0.944. The van der Waals surface area contributed by atoms with Crippen LogP contribution in [0.5, 0.6) is 0 Å². The smallest absolute Gasteiger partial charge is 0.220 e. The topological polar surface area (TPSA) is 49.3 Å². The minimum Gasteiger partial charge on any atom is -0.391 e. The molecular formula is C18H35NO2. The Kier molecular flexibility index (Phi) is 10.6. The normalized spacial score (nSPS) is 22.2. The average Bonchev–Trinajstić information content (AvgIpc) is 2.48. The van der Waals surface area contributed by atoms with Gasteiger partial charge in [-0.1, -0.05) is 71.1 Å². The van der Waals surface area contributed by atoms with Gasteiger partial charge in [0.1, 0.15) is 0 Å². The molecule has 1 aliphatic rings. The minimum absolute atomic E-state index is 0.00446. The molecule has 0 aliphatic heterocycles. The van der Waals surface area contributed by atoms with Crippen LogP contribution in [0.2, 0.25) is 0 Å². The minimum atomic E-state index is -0.328. The van der Waals surface area contributed by atoms with E-state index in [1.54, 1.807) is 0 Å². The highest BCUT2D eigenvalue weighted by atomic mass is 16.3. The first-order valence-electron chi connectivity index (χ1n) is 9.21. The predicted octanol–water partition coefficient (Wildman–Crippen LogP) is 4.33. The summed E-state index contributed by atoms with van der Waals surface area (Å²) in [7, 11) is 0. The fourth-order valence-corrected chi connectivity index (χ4v) is 3.15. The molecule has 1 aliphatic carbocycles. The fourth-order valence-electron chi connectivity index (χ4n) is 3.15. The number of rotatable bonds is 11. The highest BCUT2D eigenvalue weighted by Gasteiger charge is 2.23. The number of aliphatic hydroxyl groups is 1. The maximum atomic E-state index is 11.8. The molecule has 0 radical (unpaired) electrons. The van der Waals surface area contributed by atoms with Crippen molar-refractivity contribution in [1.29, 1.82) is 0 Å². The van der Waals surface area contributed by atoms with E-state index in [1.165, 1.54) is 44.9 Å². The standard InChI is InChI=1S/C18H35NO2/c1-2-3-4-5-6-7-8-9-10-15-18(21)19-16-13-11-12-14-17(16)20/h16-17,20H,2-15H2,1H3,(H,19,21). The third-order valence-corrected chi connectivity index (χ3v) is 4.58. The molecule has 1 rings (SSSR count). The molecular weight excluding hydrogens is 262 g/mol. The first kappa shape index (κ1) is 18.5. The maximum absolute atomic E-state index is 11.8. The lowest BCUT2D eigenvalue weighted by Gasteiger charge is -2.28. The van der Waals surface area contributed by atoms with Crippen LogP contribution >= 0.6 is 0 Å². The summed E-state index contributed by atoms with van der Waals surface area (Å²) in [5.74, 6) is 0.129. The van der Waals surface area contributed by atoms with Gasteiger partial charge in [0.05, 0.1) is 12.1 Å². The van der Waals surface area contributed by atoms with Crippen molar-refractivity contribution >= 4 is 5.91 Å². The SMILES string of the molecule is CCCCCCCCCCCC(=O)NC1CCCCC1O. The summed E-state index contributed by atoms with van der Waals surface area (Å²) in [6.07, 6.45) is 15.8. The van der Waals surface area contributed by atoms with Crippen LogP contribution in [0.1, 0.15) is 96.8 Å². The van der Waals surface area contributed by atoms with Gasteiger partial charge in [0.25, 0.3) is 0 Å². The van der Waals surface area contributed by atoms with E-state index < -0.39 is 0 Å². The van der Waals surface area contributed by atoms with Crippen LogP contribution in [0.15, 0.2) is 0 Å². The summed E-state index contributed by atoms with van der Waals surface area (Å²) >= 11 is 0. The molecule has 21 heavy (non-hydrogen) atoms. The molecule has 1 saturated carbocycles. The van der Waals surface area contributed by atoms with E-state index >= 15 is 0 Å². The van der Waals surface area contributed by atoms with Crippen molar-refractivity contribution in [3.05, 3.63) is 0 Å². The Morgan fingerprint density at radius 2 is 1.52 bits per heavy atom. The lowest BCUT2D eigenvalue weighted by Crippen LogP contribution is -2.44. The van der Waals surface area contributed by atoms with Crippen molar-refractivity contribution in [3.8, 4) is 0 Å². The summed E-state index contributed by atoms with van der Waals surface area (Å²) in [5.41, 5.74) is 0. The van der Waals surface area contributed by atoms with Crippen LogP contribution in [0.25, 0.3) is 0 Å². The largest absolute Gasteiger partial charge is 0.391 e. The lowest BCUT2D eigenvalue weighted by atomic mass is 9.92. The first-order chi connectivity index (χ1) is 10.2. The second-order valence-electron chi connectivity index (χ2n) is 6.60. The van der Waals surface area contributed by atoms with E-state index in [2.05, 4.69) is 12.2 Å². The molecule has 0 heterocycles. The van der Waals surface area contributed by atoms with E-state index in [1.807, 2.05) is 0 Å². The van der Waals surface area contributed by atoms with E-state index in [-0.39, 0.29) is 18.1 Å². The first-order valence-corrected chi connectivity index (χ1v) is 9.21. The van der Waals surface area contributed by atoms with Gasteiger partial charge in [-0.2, -0.15) is 0 Å². The zero-order valence-electron chi connectivity index (χ0n) is 13.9. The molecule has 124 valence electrons. The van der Waals surface area contributed by atoms with Crippen LogP contribution in [0.4, 0.5) is 0 Å². The predicted molar refractivity (Wildman–Crippen MR) is 88.2 cm³/mol. The summed E-state index contributed by atoms with van der Waals surface area (Å²) in [6, 6.07) is 0.00446. The Balaban J connectivity index is 1.91. The molecule has 3 nitrogen and oxygen atoms in total. The summed E-state index contributed by atoms with van der Waals surface area (Å²) in [6.45, 7) is 2.25. The molecule has 3 heteroatoms. The number of aliphatic hydroxyl groups excluding tert-OH is 1. The Labute approximate surface area is 130 Å². The molecule has 1 amide bonds. The third kappa shape index (κ3) is 9.13. The van der Waals surface area contributed by atoms with Gasteiger partial charge in [-0.15, -0.1) is 0 Å². The van der Waals surface area contributed by atoms with E-state index in [4.69, 9.17) is 0 Å². The lowest BCUT2D eigenvalue weighted by molar-refractivity contribution is -0.123. The van der Waals surface area contributed by atoms with Crippen molar-refractivity contribution in [2.45, 2.75) is 109 Å². The van der Waals surface area contributed by atoms with Gasteiger partial charge >= 0.3 is 0 Å². The van der Waals surface area contributed by atoms with Gasteiger partial charge in [0.2, 0.25) is 5.91 Å². The molecule has 0 bridgehead atoms. The van der Waals surface area contributed by atoms with Crippen LogP contribution < -0.4 is 5.32 Å². The second kappa shape index (κ2) is 12.0. The number of nitrogens with one attached hydrogen (secondary N) is 1. The highest BCUT2D eigenvalue weighted by Crippen LogP contribution is 2.18. The molecule has 2 atom stereocenters. The monoisotopic (exact) mass is 297 g/mol. The Bertz CT molecular complexity index is 268. The molecule has 2 unspecified atom stereocenters. The number of unbranched alkanes of at least 4 members (excludes halogenated alkanes) is 8. The molecule has 1 fully saturated rings. The van der Waals surface area contributed by atoms with E-state index in [0.717, 1.165) is 38.5 Å². The Hall–Kier alpha value is -0.570. The Morgan fingerprint density at radius 3 is 2.14 bits per heavy atom. The summed E-state index contributed by atoms with van der Waals surface area (Å²) < 4.78 is 0. The number of carbonyl (C=O) groups excluding carboxylic acids is 1. The number of carbonyl (C=O) groups is 1. The number of amides is 1. The molecule has 0 aromatic carbocycles. The van der Waals surface area contributed by atoms with Crippen molar-refractivity contribution in [1.82, 2.24) is 5.32 Å². The quantitative estimate of drug-likeness (QED) is 0.558. The Morgan fingerprint density at radius 1 is 0.952 bits per heavy atom. The van der Waals surface area contributed by atoms with Crippen LogP contribution in [0.3, 0.4) is 0 Å². The summed E-state index contributed by atoms with van der Waals surface area (Å²) in [4.78, 5) is 11.8. The van der Waals surface area contributed by atoms with Gasteiger partial charge in [-0.3, -0.25) is 4.79 Å². The summed E-state index contributed by atoms with van der Waals surface area (Å²) in [5, 5.41) is 12.8. The maximum Gasteiger partial charge on any atom is 0.220 e. The van der Waals surface area contributed by atoms with Gasteiger partial charge in [0.15, 0.2) is 0 Å². The van der Waals surface area contributed by atoms with Gasteiger partial charge < -0.3 is 10.4 Å². The van der Waals surface area contributed by atoms with Crippen molar-refractivity contribution in [2.75, 3.05) is 0 Å². The van der Waals surface area contributed by atoms with Crippen molar-refractivity contribution in [2.24, 2.45) is 0 Å². The second-order valence-corrected chi connectivity index (χ2v) is 6.60. The van der Waals surface area contributed by atoms with Crippen LogP contribution in [-0.2, 0) is 4.79 Å². The number of hydrogen-bond donors (Lipinski definition) is 2. The third-order valence-electron chi connectivity index (χ3n) is 4.58. The molecule has 0 spiro atoms. The molecule has 0 aromatic rings. The van der Waals surface area contributed by atoms with Gasteiger partial charge in [-0.25, -0.2) is 0 Å². The zero-order chi connectivity index (χ0) is 15.3. The zero-order valence-corrected chi connectivity index (χ0v) is 13.9. The van der Waals surface area contributed by atoms with E-state index in [9.17, 15) is 9.90 Å². The average molecular weight is 297 g/mol. The van der Waals surface area contributed by atoms with Crippen molar-refractivity contribution in [3.63, 3.8) is 0 Å². The molecule has 0 aromatic heterocycles. The van der Waals surface area contributed by atoms with Crippen LogP contribution in [-0.4, -0.2) is 23.2 Å². The van der Waals surface area contributed by atoms with Crippen LogP contribution in [0, 0.1) is 0 Å². The van der Waals surface area contributed by atoms with E-state index in [0.29, 0.717) is 6.42 Å². The highest BCUT2D eigenvalue weighted by molar-refractivity contribution is 5.76. The van der Waals surface area contributed by atoms with Gasteiger partial charge in [0, 0.05) is 6.42 Å². The van der Waals surface area contributed by atoms with Crippen molar-refractivity contribution < 1.29 is 9.90 Å². The number of hydrogen-bond acceptors (Lipinski definition) is 2. The molecule has 2 N–H and O–H groups in total.